The molecule has 0 spiro atoms. The average molecular weight is 264 g/mol. The lowest BCUT2D eigenvalue weighted by Gasteiger charge is -2.29. The molecule has 2 nitrogen and oxygen atoms in total. The van der Waals surface area contributed by atoms with Gasteiger partial charge in [0.25, 0.3) is 0 Å². The summed E-state index contributed by atoms with van der Waals surface area (Å²) in [6, 6.07) is 4.10. The van der Waals surface area contributed by atoms with Crippen molar-refractivity contribution in [3.63, 3.8) is 0 Å². The van der Waals surface area contributed by atoms with Crippen LogP contribution in [-0.4, -0.2) is 12.6 Å². The predicted octanol–water partition coefficient (Wildman–Crippen LogP) is 3.92. The van der Waals surface area contributed by atoms with Crippen LogP contribution in [0.5, 0.6) is 0 Å². The molecule has 1 aliphatic carbocycles. The molecule has 106 valence electrons. The summed E-state index contributed by atoms with van der Waals surface area (Å²) in [7, 11) is 0. The number of unbranched alkanes of at least 4 members (excludes halogenated alkanes) is 1. The van der Waals surface area contributed by atoms with Crippen LogP contribution in [0.1, 0.15) is 56.7 Å². The number of nitrogens with zero attached hydrogens (tertiary/aromatic N) is 1. The Bertz CT molecular complexity index is 439. The zero-order chi connectivity index (χ0) is 14.0. The third kappa shape index (κ3) is 3.27. The summed E-state index contributed by atoms with van der Waals surface area (Å²) < 4.78 is 13.8. The molecule has 1 fully saturated rings. The molecule has 0 radical (unpaired) electrons. The van der Waals surface area contributed by atoms with Gasteiger partial charge in [0.05, 0.1) is 0 Å². The van der Waals surface area contributed by atoms with E-state index in [9.17, 15) is 4.39 Å². The molecule has 1 aromatic rings. The highest BCUT2D eigenvalue weighted by Crippen LogP contribution is 2.36. The van der Waals surface area contributed by atoms with Gasteiger partial charge in [-0.1, -0.05) is 13.3 Å². The standard InChI is InChI=1S/C16H25FN2/c1-4-5-8-19(13-6-7-13)16-9-11(2)15(17)10-14(16)12(3)18/h9-10,12-13H,4-8,18H2,1-3H3/t12-/m0/s1. The Labute approximate surface area is 115 Å². The minimum Gasteiger partial charge on any atom is -0.368 e. The number of hydrogen-bond donors (Lipinski definition) is 1. The fraction of sp³-hybridized carbons (Fsp3) is 0.625. The Hall–Kier alpha value is -1.09. The third-order valence-electron chi connectivity index (χ3n) is 3.85. The van der Waals surface area contributed by atoms with Crippen LogP contribution in [-0.2, 0) is 0 Å². The van der Waals surface area contributed by atoms with E-state index in [4.69, 9.17) is 5.73 Å². The van der Waals surface area contributed by atoms with E-state index in [1.165, 1.54) is 25.7 Å². The van der Waals surface area contributed by atoms with E-state index in [0.717, 1.165) is 17.8 Å². The lowest BCUT2D eigenvalue weighted by atomic mass is 10.0. The summed E-state index contributed by atoms with van der Waals surface area (Å²) in [6.45, 7) is 7.01. The minimum absolute atomic E-state index is 0.132. The summed E-state index contributed by atoms with van der Waals surface area (Å²) in [5.74, 6) is -0.151. The van der Waals surface area contributed by atoms with Crippen molar-refractivity contribution in [3.05, 3.63) is 29.1 Å². The van der Waals surface area contributed by atoms with Gasteiger partial charge in [0.15, 0.2) is 0 Å². The molecule has 1 aliphatic rings. The molecule has 2 rings (SSSR count). The zero-order valence-corrected chi connectivity index (χ0v) is 12.2. The van der Waals surface area contributed by atoms with Crippen molar-refractivity contribution in [1.82, 2.24) is 0 Å². The molecule has 0 aromatic heterocycles. The second-order valence-electron chi connectivity index (χ2n) is 5.73. The smallest absolute Gasteiger partial charge is 0.126 e. The molecule has 1 saturated carbocycles. The molecule has 0 saturated heterocycles. The quantitative estimate of drug-likeness (QED) is 0.843. The Morgan fingerprint density at radius 2 is 2.11 bits per heavy atom. The number of aryl methyl sites for hydroxylation is 1. The van der Waals surface area contributed by atoms with Gasteiger partial charge in [-0.15, -0.1) is 0 Å². The van der Waals surface area contributed by atoms with Crippen molar-refractivity contribution in [1.29, 1.82) is 0 Å². The van der Waals surface area contributed by atoms with Crippen LogP contribution in [0.25, 0.3) is 0 Å². The van der Waals surface area contributed by atoms with Gasteiger partial charge in [-0.3, -0.25) is 0 Å². The highest BCUT2D eigenvalue weighted by Gasteiger charge is 2.30. The molecule has 0 aliphatic heterocycles. The molecule has 0 bridgehead atoms. The normalized spacial score (nSPS) is 16.5. The van der Waals surface area contributed by atoms with E-state index in [2.05, 4.69) is 11.8 Å². The number of halogens is 1. The van der Waals surface area contributed by atoms with Crippen LogP contribution < -0.4 is 10.6 Å². The van der Waals surface area contributed by atoms with Crippen LogP contribution >= 0.6 is 0 Å². The second kappa shape index (κ2) is 5.91. The first kappa shape index (κ1) is 14.3. The molecule has 0 unspecified atom stereocenters. The minimum atomic E-state index is -0.151. The average Bonchev–Trinajstić information content (AvgIpc) is 3.17. The van der Waals surface area contributed by atoms with Gasteiger partial charge in [-0.25, -0.2) is 4.39 Å². The number of hydrogen-bond acceptors (Lipinski definition) is 2. The lowest BCUT2D eigenvalue weighted by molar-refractivity contribution is 0.611. The topological polar surface area (TPSA) is 29.3 Å². The van der Waals surface area contributed by atoms with Gasteiger partial charge in [0.1, 0.15) is 5.82 Å². The summed E-state index contributed by atoms with van der Waals surface area (Å²) >= 11 is 0. The molecule has 2 N–H and O–H groups in total. The van der Waals surface area contributed by atoms with E-state index in [1.54, 1.807) is 6.07 Å². The molecular weight excluding hydrogens is 239 g/mol. The monoisotopic (exact) mass is 264 g/mol. The molecule has 0 heterocycles. The maximum Gasteiger partial charge on any atom is 0.126 e. The summed E-state index contributed by atoms with van der Waals surface area (Å²) in [5, 5.41) is 0. The van der Waals surface area contributed by atoms with Gasteiger partial charge in [0.2, 0.25) is 0 Å². The Morgan fingerprint density at radius 3 is 2.63 bits per heavy atom. The first-order chi connectivity index (χ1) is 9.04. The van der Waals surface area contributed by atoms with Crippen LogP contribution in [0, 0.1) is 12.7 Å². The van der Waals surface area contributed by atoms with Gasteiger partial charge in [-0.2, -0.15) is 0 Å². The van der Waals surface area contributed by atoms with Crippen molar-refractivity contribution >= 4 is 5.69 Å². The zero-order valence-electron chi connectivity index (χ0n) is 12.2. The van der Waals surface area contributed by atoms with Crippen molar-refractivity contribution in [2.75, 3.05) is 11.4 Å². The number of rotatable bonds is 6. The van der Waals surface area contributed by atoms with Crippen molar-refractivity contribution < 1.29 is 4.39 Å². The van der Waals surface area contributed by atoms with E-state index >= 15 is 0 Å². The van der Waals surface area contributed by atoms with Crippen molar-refractivity contribution in [2.24, 2.45) is 5.73 Å². The lowest BCUT2D eigenvalue weighted by Crippen LogP contribution is -2.29. The summed E-state index contributed by atoms with van der Waals surface area (Å²) in [4.78, 5) is 2.44. The molecule has 1 aromatic carbocycles. The van der Waals surface area contributed by atoms with Crippen LogP contribution in [0.2, 0.25) is 0 Å². The van der Waals surface area contributed by atoms with E-state index in [1.807, 2.05) is 19.9 Å². The van der Waals surface area contributed by atoms with Gasteiger partial charge in [-0.05, 0) is 56.4 Å². The number of benzene rings is 1. The highest BCUT2D eigenvalue weighted by molar-refractivity contribution is 5.58. The SMILES string of the molecule is CCCCN(c1cc(C)c(F)cc1[C@H](C)N)C1CC1. The van der Waals surface area contributed by atoms with Crippen molar-refractivity contribution in [2.45, 2.75) is 58.5 Å². The molecule has 0 amide bonds. The van der Waals surface area contributed by atoms with Crippen molar-refractivity contribution in [3.8, 4) is 0 Å². The van der Waals surface area contributed by atoms with Gasteiger partial charge in [0, 0.05) is 24.3 Å². The number of nitrogens with two attached hydrogens (primary N) is 1. The van der Waals surface area contributed by atoms with E-state index in [-0.39, 0.29) is 11.9 Å². The van der Waals surface area contributed by atoms with Gasteiger partial charge < -0.3 is 10.6 Å². The fourth-order valence-electron chi connectivity index (χ4n) is 2.51. The fourth-order valence-corrected chi connectivity index (χ4v) is 2.51. The first-order valence-corrected chi connectivity index (χ1v) is 7.36. The summed E-state index contributed by atoms with van der Waals surface area (Å²) in [5.41, 5.74) is 8.82. The van der Waals surface area contributed by atoms with E-state index < -0.39 is 0 Å². The Morgan fingerprint density at radius 1 is 1.42 bits per heavy atom. The molecular formula is C16H25FN2. The molecule has 3 heteroatoms. The first-order valence-electron chi connectivity index (χ1n) is 7.36. The largest absolute Gasteiger partial charge is 0.368 e. The Balaban J connectivity index is 2.36. The summed E-state index contributed by atoms with van der Waals surface area (Å²) in [6.07, 6.45) is 4.85. The van der Waals surface area contributed by atoms with Gasteiger partial charge >= 0.3 is 0 Å². The number of anilines is 1. The third-order valence-corrected chi connectivity index (χ3v) is 3.85. The highest BCUT2D eigenvalue weighted by atomic mass is 19.1. The molecule has 19 heavy (non-hydrogen) atoms. The second-order valence-corrected chi connectivity index (χ2v) is 5.73. The van der Waals surface area contributed by atoms with Crippen LogP contribution in [0.15, 0.2) is 12.1 Å². The van der Waals surface area contributed by atoms with E-state index in [0.29, 0.717) is 11.6 Å². The maximum absolute atomic E-state index is 13.8. The maximum atomic E-state index is 13.8. The predicted molar refractivity (Wildman–Crippen MR) is 79.0 cm³/mol. The van der Waals surface area contributed by atoms with Crippen LogP contribution in [0.3, 0.4) is 0 Å². The van der Waals surface area contributed by atoms with Crippen LogP contribution in [0.4, 0.5) is 10.1 Å². The Kier molecular flexibility index (Phi) is 4.46. The molecule has 1 atom stereocenters.